The van der Waals surface area contributed by atoms with Gasteiger partial charge in [-0.05, 0) is 36.8 Å². The van der Waals surface area contributed by atoms with Crippen LogP contribution >= 0.6 is 0 Å². The topological polar surface area (TPSA) is 88.9 Å². The number of para-hydroxylation sites is 1. The monoisotopic (exact) mass is 485 g/mol. The van der Waals surface area contributed by atoms with Crippen LogP contribution in [0.1, 0.15) is 37.8 Å². The fourth-order valence-electron chi connectivity index (χ4n) is 3.60. The van der Waals surface area contributed by atoms with Gasteiger partial charge in [-0.2, -0.15) is 18.3 Å². The van der Waals surface area contributed by atoms with E-state index in [2.05, 4.69) is 20.7 Å². The van der Waals surface area contributed by atoms with Gasteiger partial charge in [0, 0.05) is 12.4 Å². The maximum absolute atomic E-state index is 13.8. The van der Waals surface area contributed by atoms with Crippen LogP contribution in [0.15, 0.2) is 54.6 Å². The van der Waals surface area contributed by atoms with E-state index in [1.165, 1.54) is 44.3 Å². The molecule has 0 spiro atoms. The van der Waals surface area contributed by atoms with Gasteiger partial charge in [0.2, 0.25) is 0 Å². The molecule has 2 N–H and O–H groups in total. The predicted molar refractivity (Wildman–Crippen MR) is 121 cm³/mol. The van der Waals surface area contributed by atoms with Gasteiger partial charge in [0.15, 0.2) is 5.69 Å². The van der Waals surface area contributed by atoms with Crippen molar-refractivity contribution in [1.82, 2.24) is 20.1 Å². The summed E-state index contributed by atoms with van der Waals surface area (Å²) in [5, 5.41) is 8.78. The van der Waals surface area contributed by atoms with Crippen molar-refractivity contribution >= 4 is 28.4 Å². The number of fused-ring (bicyclic) bond motifs is 1. The first kappa shape index (κ1) is 23.9. The number of anilines is 1. The lowest BCUT2D eigenvalue weighted by atomic mass is 10.1. The molecule has 35 heavy (non-hydrogen) atoms. The number of alkyl halides is 3. The minimum absolute atomic E-state index is 0.0204. The summed E-state index contributed by atoms with van der Waals surface area (Å²) in [7, 11) is 1.40. The number of carbonyl (C=O) groups is 2. The van der Waals surface area contributed by atoms with E-state index in [0.717, 1.165) is 4.68 Å². The minimum atomic E-state index is -4.85. The third-order valence-corrected chi connectivity index (χ3v) is 5.38. The molecule has 0 radical (unpaired) electrons. The number of pyridine rings is 1. The van der Waals surface area contributed by atoms with E-state index < -0.39 is 35.2 Å². The van der Waals surface area contributed by atoms with Gasteiger partial charge < -0.3 is 10.6 Å². The van der Waals surface area contributed by atoms with E-state index in [9.17, 15) is 27.2 Å². The summed E-state index contributed by atoms with van der Waals surface area (Å²) in [4.78, 5) is 29.6. The van der Waals surface area contributed by atoms with Crippen LogP contribution < -0.4 is 10.6 Å². The molecule has 0 bridgehead atoms. The first-order valence-electron chi connectivity index (χ1n) is 10.4. The molecule has 0 saturated carbocycles. The van der Waals surface area contributed by atoms with Crippen molar-refractivity contribution in [3.63, 3.8) is 0 Å². The number of carbonyl (C=O) groups excluding carboxylic acids is 2. The van der Waals surface area contributed by atoms with Crippen LogP contribution in [0.4, 0.5) is 23.2 Å². The predicted octanol–water partition coefficient (Wildman–Crippen LogP) is 4.56. The summed E-state index contributed by atoms with van der Waals surface area (Å²) in [5.74, 6) is -1.89. The third-order valence-electron chi connectivity index (χ3n) is 5.38. The highest BCUT2D eigenvalue weighted by atomic mass is 19.4. The lowest BCUT2D eigenvalue weighted by Crippen LogP contribution is -2.21. The van der Waals surface area contributed by atoms with Crippen molar-refractivity contribution in [2.75, 3.05) is 12.4 Å². The van der Waals surface area contributed by atoms with Crippen LogP contribution in [0.3, 0.4) is 0 Å². The molecule has 2 heterocycles. The third kappa shape index (κ3) is 4.84. The van der Waals surface area contributed by atoms with E-state index in [-0.39, 0.29) is 23.5 Å². The van der Waals surface area contributed by atoms with E-state index in [1.54, 1.807) is 24.3 Å². The van der Waals surface area contributed by atoms with Gasteiger partial charge in [0.05, 0.1) is 29.0 Å². The Morgan fingerprint density at radius 2 is 1.71 bits per heavy atom. The molecule has 0 fully saturated rings. The second-order valence-corrected chi connectivity index (χ2v) is 7.70. The second kappa shape index (κ2) is 9.16. The molecule has 0 aliphatic rings. The Hall–Kier alpha value is -4.28. The van der Waals surface area contributed by atoms with Gasteiger partial charge in [-0.1, -0.05) is 30.3 Å². The molecule has 180 valence electrons. The van der Waals surface area contributed by atoms with Crippen molar-refractivity contribution in [2.24, 2.45) is 0 Å². The van der Waals surface area contributed by atoms with E-state index in [0.29, 0.717) is 16.5 Å². The van der Waals surface area contributed by atoms with E-state index in [4.69, 9.17) is 0 Å². The summed E-state index contributed by atoms with van der Waals surface area (Å²) in [6.07, 6.45) is -4.85. The summed E-state index contributed by atoms with van der Waals surface area (Å²) >= 11 is 0. The first-order valence-corrected chi connectivity index (χ1v) is 10.4. The quantitative estimate of drug-likeness (QED) is 0.406. The van der Waals surface area contributed by atoms with Crippen LogP contribution in [-0.2, 0) is 12.7 Å². The van der Waals surface area contributed by atoms with Gasteiger partial charge in [0.25, 0.3) is 11.8 Å². The Kier molecular flexibility index (Phi) is 6.25. The summed E-state index contributed by atoms with van der Waals surface area (Å²) in [6.45, 7) is 1.33. The maximum atomic E-state index is 13.8. The van der Waals surface area contributed by atoms with Gasteiger partial charge in [0.1, 0.15) is 11.5 Å². The smallest absolute Gasteiger partial charge is 0.354 e. The Balaban J connectivity index is 1.76. The number of hydrogen-bond donors (Lipinski definition) is 2. The van der Waals surface area contributed by atoms with Crippen LogP contribution in [-0.4, -0.2) is 33.6 Å². The molecule has 0 unspecified atom stereocenters. The molecule has 7 nitrogen and oxygen atoms in total. The highest BCUT2D eigenvalue weighted by molar-refractivity contribution is 6.14. The number of nitrogens with zero attached hydrogens (tertiary/aromatic N) is 3. The molecular formula is C24H19F4N5O2. The fraction of sp³-hybridized carbons (Fsp3) is 0.167. The maximum Gasteiger partial charge on any atom is 0.437 e. The number of nitrogens with one attached hydrogen (secondary N) is 2. The van der Waals surface area contributed by atoms with Gasteiger partial charge >= 0.3 is 6.18 Å². The average Bonchev–Trinajstić information content (AvgIpc) is 3.14. The molecule has 11 heteroatoms. The zero-order chi connectivity index (χ0) is 25.3. The van der Waals surface area contributed by atoms with Crippen molar-refractivity contribution in [3.05, 3.63) is 88.6 Å². The Morgan fingerprint density at radius 3 is 2.37 bits per heavy atom. The van der Waals surface area contributed by atoms with E-state index in [1.807, 2.05) is 0 Å². The molecule has 0 aliphatic carbocycles. The van der Waals surface area contributed by atoms with Crippen LogP contribution in [0.2, 0.25) is 0 Å². The molecule has 2 amide bonds. The molecule has 0 saturated heterocycles. The van der Waals surface area contributed by atoms with Crippen molar-refractivity contribution in [2.45, 2.75) is 19.6 Å². The normalized spacial score (nSPS) is 11.5. The van der Waals surface area contributed by atoms with Crippen molar-refractivity contribution in [3.8, 4) is 0 Å². The molecule has 0 aliphatic heterocycles. The first-order chi connectivity index (χ1) is 16.6. The average molecular weight is 485 g/mol. The van der Waals surface area contributed by atoms with Crippen LogP contribution in [0, 0.1) is 12.7 Å². The fourth-order valence-corrected chi connectivity index (χ4v) is 3.60. The number of benzene rings is 2. The largest absolute Gasteiger partial charge is 0.437 e. The molecular weight excluding hydrogens is 466 g/mol. The molecule has 2 aromatic heterocycles. The standard InChI is InChI=1S/C24H19F4N5O2/c1-13-20(21(24(26,27)28)32-33(13)12-14-7-9-15(25)10-8-14)31-22(34)17-11-19(23(35)29-2)30-18-6-4-3-5-16(17)18/h3-11H,12H2,1-2H3,(H,29,35)(H,31,34). The lowest BCUT2D eigenvalue weighted by Gasteiger charge is -2.12. The van der Waals surface area contributed by atoms with Crippen LogP contribution in [0.5, 0.6) is 0 Å². The number of hydrogen-bond acceptors (Lipinski definition) is 4. The molecule has 4 rings (SSSR count). The number of halogens is 4. The highest BCUT2D eigenvalue weighted by Crippen LogP contribution is 2.36. The Bertz CT molecular complexity index is 1430. The molecule has 0 atom stereocenters. The van der Waals surface area contributed by atoms with Gasteiger partial charge in [-0.15, -0.1) is 0 Å². The highest BCUT2D eigenvalue weighted by Gasteiger charge is 2.39. The summed E-state index contributed by atoms with van der Waals surface area (Å²) in [5.41, 5.74) is -0.941. The minimum Gasteiger partial charge on any atom is -0.354 e. The number of amides is 2. The van der Waals surface area contributed by atoms with Crippen molar-refractivity contribution in [1.29, 1.82) is 0 Å². The Labute approximate surface area is 196 Å². The zero-order valence-corrected chi connectivity index (χ0v) is 18.6. The lowest BCUT2D eigenvalue weighted by molar-refractivity contribution is -0.140. The number of aromatic nitrogens is 3. The summed E-state index contributed by atoms with van der Waals surface area (Å²) in [6, 6.07) is 13.0. The van der Waals surface area contributed by atoms with E-state index >= 15 is 0 Å². The van der Waals surface area contributed by atoms with Gasteiger partial charge in [-0.25, -0.2) is 9.37 Å². The Morgan fingerprint density at radius 1 is 1.03 bits per heavy atom. The molecule has 4 aromatic rings. The second-order valence-electron chi connectivity index (χ2n) is 7.70. The SMILES string of the molecule is CNC(=O)c1cc(C(=O)Nc2c(C(F)(F)F)nn(Cc3ccc(F)cc3)c2C)c2ccccc2n1. The van der Waals surface area contributed by atoms with Gasteiger partial charge in [-0.3, -0.25) is 14.3 Å². The van der Waals surface area contributed by atoms with Crippen molar-refractivity contribution < 1.29 is 27.2 Å². The molecule has 2 aromatic carbocycles. The van der Waals surface area contributed by atoms with Crippen LogP contribution in [0.25, 0.3) is 10.9 Å². The summed E-state index contributed by atoms with van der Waals surface area (Å²) < 4.78 is 55.7. The zero-order valence-electron chi connectivity index (χ0n) is 18.6. The number of rotatable bonds is 5.